The maximum atomic E-state index is 12.2. The molecule has 0 aliphatic carbocycles. The van der Waals surface area contributed by atoms with E-state index in [0.29, 0.717) is 18.9 Å². The zero-order valence-electron chi connectivity index (χ0n) is 14.9. The smallest absolute Gasteiger partial charge is 0.254 e. The number of amides is 1. The Balaban J connectivity index is 1.51. The fourth-order valence-corrected chi connectivity index (χ4v) is 2.71. The number of ether oxygens (including phenoxy) is 1. The number of anilines is 1. The highest BCUT2D eigenvalue weighted by Crippen LogP contribution is 2.14. The van der Waals surface area contributed by atoms with Crippen molar-refractivity contribution in [1.82, 2.24) is 24.9 Å². The van der Waals surface area contributed by atoms with Crippen molar-refractivity contribution in [3.05, 3.63) is 47.3 Å². The second-order valence-corrected chi connectivity index (χ2v) is 5.98. The lowest BCUT2D eigenvalue weighted by molar-refractivity contribution is -0.120. The fourth-order valence-electron chi connectivity index (χ4n) is 2.71. The molecule has 0 saturated carbocycles. The molecule has 8 heteroatoms. The number of nitrogens with one attached hydrogen (secondary N) is 1. The molecule has 0 spiro atoms. The highest BCUT2D eigenvalue weighted by Gasteiger charge is 2.15. The van der Waals surface area contributed by atoms with Gasteiger partial charge in [-0.1, -0.05) is 18.2 Å². The van der Waals surface area contributed by atoms with Gasteiger partial charge in [0.2, 0.25) is 11.9 Å². The van der Waals surface area contributed by atoms with Gasteiger partial charge in [-0.15, -0.1) is 5.10 Å². The van der Waals surface area contributed by atoms with Crippen LogP contribution in [0.2, 0.25) is 0 Å². The van der Waals surface area contributed by atoms with Crippen LogP contribution in [0.25, 0.3) is 5.78 Å². The van der Waals surface area contributed by atoms with Gasteiger partial charge in [0.15, 0.2) is 0 Å². The van der Waals surface area contributed by atoms with E-state index >= 15 is 0 Å². The number of aromatic nitrogens is 4. The minimum atomic E-state index is -0.0647. The Kier molecular flexibility index (Phi) is 5.31. The van der Waals surface area contributed by atoms with Gasteiger partial charge in [0.25, 0.3) is 5.78 Å². The van der Waals surface area contributed by atoms with Crippen molar-refractivity contribution >= 4 is 17.6 Å². The van der Waals surface area contributed by atoms with E-state index < -0.39 is 0 Å². The summed E-state index contributed by atoms with van der Waals surface area (Å²) < 4.78 is 7.17. The summed E-state index contributed by atoms with van der Waals surface area (Å²) in [6.07, 6.45) is 0.968. The van der Waals surface area contributed by atoms with E-state index in [9.17, 15) is 4.79 Å². The minimum Gasteiger partial charge on any atom is -0.494 e. The Bertz CT molecular complexity index is 907. The topological polar surface area (TPSA) is 107 Å². The SMILES string of the molecule is Cc1nc2nc(N)nn2c(C)c1CC(=O)NCCCOc1ccccc1. The zero-order valence-corrected chi connectivity index (χ0v) is 14.9. The molecule has 0 bridgehead atoms. The van der Waals surface area contributed by atoms with E-state index in [1.165, 1.54) is 0 Å². The molecule has 1 amide bonds. The number of nitrogen functional groups attached to an aromatic ring is 1. The van der Waals surface area contributed by atoms with Crippen LogP contribution in [0.5, 0.6) is 5.75 Å². The lowest BCUT2D eigenvalue weighted by Gasteiger charge is -2.11. The van der Waals surface area contributed by atoms with E-state index in [1.807, 2.05) is 44.2 Å². The molecule has 0 unspecified atom stereocenters. The molecule has 2 aromatic heterocycles. The Labute approximate surface area is 151 Å². The van der Waals surface area contributed by atoms with Crippen LogP contribution in [-0.2, 0) is 11.2 Å². The number of carbonyl (C=O) groups excluding carboxylic acids is 1. The van der Waals surface area contributed by atoms with Crippen LogP contribution in [0.15, 0.2) is 30.3 Å². The number of hydrogen-bond donors (Lipinski definition) is 2. The third-order valence-electron chi connectivity index (χ3n) is 4.06. The fraction of sp³-hybridized carbons (Fsp3) is 0.333. The van der Waals surface area contributed by atoms with Crippen LogP contribution < -0.4 is 15.8 Å². The number of carbonyl (C=O) groups is 1. The van der Waals surface area contributed by atoms with Crippen LogP contribution in [-0.4, -0.2) is 38.6 Å². The number of benzene rings is 1. The van der Waals surface area contributed by atoms with Gasteiger partial charge in [-0.05, 0) is 32.4 Å². The summed E-state index contributed by atoms with van der Waals surface area (Å²) >= 11 is 0. The van der Waals surface area contributed by atoms with Gasteiger partial charge in [0, 0.05) is 23.5 Å². The van der Waals surface area contributed by atoms with Gasteiger partial charge < -0.3 is 15.8 Å². The molecule has 8 nitrogen and oxygen atoms in total. The maximum Gasteiger partial charge on any atom is 0.254 e. The van der Waals surface area contributed by atoms with Crippen molar-refractivity contribution in [1.29, 1.82) is 0 Å². The molecule has 3 rings (SSSR count). The number of nitrogens with zero attached hydrogens (tertiary/aromatic N) is 4. The molecule has 3 aromatic rings. The summed E-state index contributed by atoms with van der Waals surface area (Å²) in [5.41, 5.74) is 8.03. The predicted octanol–water partition coefficient (Wildman–Crippen LogP) is 1.45. The number of rotatable bonds is 7. The Morgan fingerprint density at radius 3 is 2.77 bits per heavy atom. The third kappa shape index (κ3) is 4.08. The molecular weight excluding hydrogens is 332 g/mol. The zero-order chi connectivity index (χ0) is 18.5. The second-order valence-electron chi connectivity index (χ2n) is 5.98. The van der Waals surface area contributed by atoms with E-state index in [4.69, 9.17) is 10.5 Å². The van der Waals surface area contributed by atoms with Gasteiger partial charge >= 0.3 is 0 Å². The Hall–Kier alpha value is -3.16. The first-order valence-electron chi connectivity index (χ1n) is 8.47. The van der Waals surface area contributed by atoms with Crippen LogP contribution in [0.1, 0.15) is 23.4 Å². The lowest BCUT2D eigenvalue weighted by Crippen LogP contribution is -2.28. The standard InChI is InChI=1S/C18H22N6O2/c1-12-15(13(2)24-18(21-12)22-17(19)23-24)11-16(25)20-9-6-10-26-14-7-4-3-5-8-14/h3-5,7-8H,6,9-11H2,1-2H3,(H2,19,23)(H,20,25). The predicted molar refractivity (Wildman–Crippen MR) is 97.9 cm³/mol. The van der Waals surface area contributed by atoms with Crippen molar-refractivity contribution in [2.75, 3.05) is 18.9 Å². The molecular formula is C18H22N6O2. The van der Waals surface area contributed by atoms with Crippen molar-refractivity contribution < 1.29 is 9.53 Å². The number of nitrogens with two attached hydrogens (primary N) is 1. The normalized spacial score (nSPS) is 10.8. The van der Waals surface area contributed by atoms with E-state index in [2.05, 4.69) is 20.4 Å². The summed E-state index contributed by atoms with van der Waals surface area (Å²) in [6.45, 7) is 4.84. The Morgan fingerprint density at radius 2 is 2.00 bits per heavy atom. The van der Waals surface area contributed by atoms with Gasteiger partial charge in [0.1, 0.15) is 5.75 Å². The van der Waals surface area contributed by atoms with Gasteiger partial charge in [-0.3, -0.25) is 4.79 Å². The highest BCUT2D eigenvalue weighted by atomic mass is 16.5. The summed E-state index contributed by atoms with van der Waals surface area (Å²) in [6, 6.07) is 9.61. The summed E-state index contributed by atoms with van der Waals surface area (Å²) in [5, 5.41) is 7.02. The van der Waals surface area contributed by atoms with Crippen molar-refractivity contribution in [2.24, 2.45) is 0 Å². The molecule has 0 radical (unpaired) electrons. The number of fused-ring (bicyclic) bond motifs is 1. The molecule has 0 atom stereocenters. The van der Waals surface area contributed by atoms with Crippen molar-refractivity contribution in [3.8, 4) is 5.75 Å². The van der Waals surface area contributed by atoms with Crippen LogP contribution in [0, 0.1) is 13.8 Å². The molecule has 1 aromatic carbocycles. The second kappa shape index (κ2) is 7.81. The summed E-state index contributed by atoms with van der Waals surface area (Å²) in [5.74, 6) is 1.38. The maximum absolute atomic E-state index is 12.2. The monoisotopic (exact) mass is 354 g/mol. The van der Waals surface area contributed by atoms with E-state index in [-0.39, 0.29) is 18.3 Å². The first kappa shape index (κ1) is 17.7. The third-order valence-corrected chi connectivity index (χ3v) is 4.06. The average molecular weight is 354 g/mol. The number of aryl methyl sites for hydroxylation is 2. The van der Waals surface area contributed by atoms with Gasteiger partial charge in [-0.2, -0.15) is 9.50 Å². The molecule has 2 heterocycles. The molecule has 0 saturated heterocycles. The quantitative estimate of drug-likeness (QED) is 0.622. The van der Waals surface area contributed by atoms with E-state index in [1.54, 1.807) is 4.52 Å². The van der Waals surface area contributed by atoms with Crippen molar-refractivity contribution in [3.63, 3.8) is 0 Å². The number of para-hydroxylation sites is 1. The molecule has 0 aliphatic rings. The van der Waals surface area contributed by atoms with E-state index in [0.717, 1.165) is 29.1 Å². The largest absolute Gasteiger partial charge is 0.494 e. The van der Waals surface area contributed by atoms with Crippen LogP contribution in [0.4, 0.5) is 5.95 Å². The minimum absolute atomic E-state index is 0.0647. The first-order valence-corrected chi connectivity index (χ1v) is 8.47. The molecule has 136 valence electrons. The number of hydrogen-bond acceptors (Lipinski definition) is 6. The first-order chi connectivity index (χ1) is 12.5. The summed E-state index contributed by atoms with van der Waals surface area (Å²) in [7, 11) is 0. The lowest BCUT2D eigenvalue weighted by atomic mass is 10.1. The van der Waals surface area contributed by atoms with Crippen LogP contribution >= 0.6 is 0 Å². The highest BCUT2D eigenvalue weighted by molar-refractivity contribution is 5.79. The molecule has 0 aliphatic heterocycles. The van der Waals surface area contributed by atoms with Crippen molar-refractivity contribution in [2.45, 2.75) is 26.7 Å². The van der Waals surface area contributed by atoms with Gasteiger partial charge in [-0.25, -0.2) is 4.98 Å². The average Bonchev–Trinajstić information content (AvgIpc) is 2.99. The van der Waals surface area contributed by atoms with Gasteiger partial charge in [0.05, 0.1) is 13.0 Å². The Morgan fingerprint density at radius 1 is 1.23 bits per heavy atom. The molecule has 26 heavy (non-hydrogen) atoms. The molecule has 0 fully saturated rings. The van der Waals surface area contributed by atoms with Crippen LogP contribution in [0.3, 0.4) is 0 Å². The summed E-state index contributed by atoms with van der Waals surface area (Å²) in [4.78, 5) is 20.7. The molecule has 3 N–H and O–H groups in total.